The average molecular weight is 543 g/mol. The first-order valence-electron chi connectivity index (χ1n) is 11.1. The second-order valence-corrected chi connectivity index (χ2v) is 9.86. The molecule has 7 nitrogen and oxygen atoms in total. The summed E-state index contributed by atoms with van der Waals surface area (Å²) in [5.41, 5.74) is 2.86. The molecule has 3 aromatic rings. The summed E-state index contributed by atoms with van der Waals surface area (Å²) in [5, 5.41) is 8.69. The van der Waals surface area contributed by atoms with Crippen molar-refractivity contribution in [3.05, 3.63) is 75.4 Å². The van der Waals surface area contributed by atoms with Crippen molar-refractivity contribution in [3.63, 3.8) is 0 Å². The number of benzene rings is 2. The number of fused-ring (bicyclic) bond motifs is 1. The fourth-order valence-electron chi connectivity index (χ4n) is 3.77. The van der Waals surface area contributed by atoms with Gasteiger partial charge in [-0.05, 0) is 37.1 Å². The van der Waals surface area contributed by atoms with Crippen LogP contribution in [0.3, 0.4) is 0 Å². The maximum atomic E-state index is 13.4. The van der Waals surface area contributed by atoms with Crippen LogP contribution in [0.15, 0.2) is 69.4 Å². The Hall–Kier alpha value is -2.78. The lowest BCUT2D eigenvalue weighted by atomic mass is 9.95. The van der Waals surface area contributed by atoms with Gasteiger partial charge in [-0.15, -0.1) is 5.10 Å². The lowest BCUT2D eigenvalue weighted by Gasteiger charge is -2.29. The van der Waals surface area contributed by atoms with Crippen molar-refractivity contribution in [2.75, 3.05) is 18.2 Å². The van der Waals surface area contributed by atoms with Crippen molar-refractivity contribution in [2.45, 2.75) is 44.5 Å². The first-order chi connectivity index (χ1) is 16.5. The van der Waals surface area contributed by atoms with E-state index in [0.717, 1.165) is 34.2 Å². The van der Waals surface area contributed by atoms with Gasteiger partial charge in [0.15, 0.2) is 0 Å². The Morgan fingerprint density at radius 2 is 2.03 bits per heavy atom. The second kappa shape index (κ2) is 11.1. The van der Waals surface area contributed by atoms with E-state index >= 15 is 0 Å². The number of thioether (sulfide) groups is 1. The number of hydrogen-bond donors (Lipinski definition) is 1. The van der Waals surface area contributed by atoms with E-state index in [1.165, 1.54) is 0 Å². The van der Waals surface area contributed by atoms with Gasteiger partial charge in [-0.2, -0.15) is 4.98 Å². The number of nitrogens with zero attached hydrogens (tertiary/aromatic N) is 3. The number of anilines is 1. The molecule has 0 aliphatic carbocycles. The molecule has 178 valence electrons. The van der Waals surface area contributed by atoms with Gasteiger partial charge in [0, 0.05) is 21.5 Å². The highest BCUT2D eigenvalue weighted by molar-refractivity contribution is 9.10. The summed E-state index contributed by atoms with van der Waals surface area (Å²) in [7, 11) is 1.62. The molecule has 0 saturated carbocycles. The minimum Gasteiger partial charge on any atom is -0.496 e. The number of carbonyl (C=O) groups is 1. The highest BCUT2D eigenvalue weighted by Gasteiger charge is 2.37. The van der Waals surface area contributed by atoms with E-state index in [1.807, 2.05) is 55.5 Å². The Balaban J connectivity index is 1.73. The number of rotatable bonds is 9. The van der Waals surface area contributed by atoms with E-state index in [4.69, 9.17) is 14.6 Å². The molecule has 0 spiro atoms. The highest BCUT2D eigenvalue weighted by atomic mass is 79.9. The second-order valence-electron chi connectivity index (χ2n) is 7.88. The van der Waals surface area contributed by atoms with Gasteiger partial charge in [-0.1, -0.05) is 71.4 Å². The normalized spacial score (nSPS) is 15.0. The number of allylic oxidation sites excluding steroid dienone is 1. The average Bonchev–Trinajstić information content (AvgIpc) is 3.24. The van der Waals surface area contributed by atoms with Gasteiger partial charge in [0.25, 0.3) is 0 Å². The molecule has 4 rings (SSSR count). The molecular weight excluding hydrogens is 516 g/mol. The van der Waals surface area contributed by atoms with Crippen LogP contribution < -0.4 is 10.1 Å². The molecule has 1 aliphatic heterocycles. The predicted molar refractivity (Wildman–Crippen MR) is 137 cm³/mol. The molecule has 34 heavy (non-hydrogen) atoms. The van der Waals surface area contributed by atoms with Crippen LogP contribution in [-0.4, -0.2) is 33.6 Å². The van der Waals surface area contributed by atoms with Crippen LogP contribution in [-0.2, 0) is 16.1 Å². The summed E-state index contributed by atoms with van der Waals surface area (Å²) in [4.78, 5) is 18.1. The maximum Gasteiger partial charge on any atom is 0.338 e. The molecule has 0 fully saturated rings. The minimum atomic E-state index is -0.556. The number of halogens is 1. The predicted octanol–water partition coefficient (Wildman–Crippen LogP) is 5.97. The van der Waals surface area contributed by atoms with E-state index in [2.05, 4.69) is 33.2 Å². The van der Waals surface area contributed by atoms with Crippen molar-refractivity contribution in [1.82, 2.24) is 14.8 Å². The highest BCUT2D eigenvalue weighted by Crippen LogP contribution is 2.41. The number of methoxy groups -OCH3 is 1. The van der Waals surface area contributed by atoms with Gasteiger partial charge < -0.3 is 14.8 Å². The maximum absolute atomic E-state index is 13.4. The van der Waals surface area contributed by atoms with Gasteiger partial charge in [0.05, 0.1) is 12.7 Å². The standard InChI is InChI=1S/C25H27BrN4O3S/c1-4-5-13-34-25-28-24-27-16(2)21(23(31)33-15-17-9-7-6-8-10-17)22(30(24)29-25)19-14-18(26)11-12-20(19)32-3/h6-12,14,22H,4-5,13,15H2,1-3H3,(H,27,28,29). The monoisotopic (exact) mass is 542 g/mol. The Labute approximate surface area is 212 Å². The number of esters is 1. The number of ether oxygens (including phenoxy) is 2. The van der Waals surface area contributed by atoms with Gasteiger partial charge >= 0.3 is 5.97 Å². The van der Waals surface area contributed by atoms with Gasteiger partial charge in [0.2, 0.25) is 11.1 Å². The number of carbonyl (C=O) groups excluding carboxylic acids is 1. The fraction of sp³-hybridized carbons (Fsp3) is 0.320. The Bertz CT molecular complexity index is 1200. The summed E-state index contributed by atoms with van der Waals surface area (Å²) >= 11 is 5.17. The summed E-state index contributed by atoms with van der Waals surface area (Å²) in [6, 6.07) is 14.8. The van der Waals surface area contributed by atoms with Crippen LogP contribution in [0.5, 0.6) is 5.75 Å². The van der Waals surface area contributed by atoms with Gasteiger partial charge in [0.1, 0.15) is 18.4 Å². The van der Waals surface area contributed by atoms with Crippen LogP contribution in [0.25, 0.3) is 0 Å². The van der Waals surface area contributed by atoms with Crippen LogP contribution >= 0.6 is 27.7 Å². The smallest absolute Gasteiger partial charge is 0.338 e. The number of hydrogen-bond acceptors (Lipinski definition) is 7. The van der Waals surface area contributed by atoms with Crippen LogP contribution in [0.4, 0.5) is 5.95 Å². The molecule has 2 heterocycles. The summed E-state index contributed by atoms with van der Waals surface area (Å²) in [6.07, 6.45) is 2.19. The van der Waals surface area contributed by atoms with Crippen molar-refractivity contribution >= 4 is 39.6 Å². The van der Waals surface area contributed by atoms with Crippen molar-refractivity contribution in [1.29, 1.82) is 0 Å². The molecule has 0 amide bonds. The molecule has 2 aromatic carbocycles. The van der Waals surface area contributed by atoms with E-state index in [1.54, 1.807) is 23.6 Å². The van der Waals surface area contributed by atoms with Crippen molar-refractivity contribution in [2.24, 2.45) is 0 Å². The minimum absolute atomic E-state index is 0.182. The van der Waals surface area contributed by atoms with Crippen LogP contribution in [0.2, 0.25) is 0 Å². The first-order valence-corrected chi connectivity index (χ1v) is 12.9. The molecule has 1 N–H and O–H groups in total. The first kappa shape index (κ1) is 24.3. The lowest BCUT2D eigenvalue weighted by Crippen LogP contribution is -2.30. The third-order valence-corrected chi connectivity index (χ3v) is 6.90. The quantitative estimate of drug-likeness (QED) is 0.202. The third kappa shape index (κ3) is 5.31. The molecule has 1 aromatic heterocycles. The Morgan fingerprint density at radius 3 is 2.76 bits per heavy atom. The topological polar surface area (TPSA) is 78.3 Å². The lowest BCUT2D eigenvalue weighted by molar-refractivity contribution is -0.140. The fourth-order valence-corrected chi connectivity index (χ4v) is 5.06. The molecular formula is C25H27BrN4O3S. The van der Waals surface area contributed by atoms with E-state index < -0.39 is 12.0 Å². The van der Waals surface area contributed by atoms with Crippen molar-refractivity contribution in [3.8, 4) is 5.75 Å². The molecule has 1 unspecified atom stereocenters. The van der Waals surface area contributed by atoms with Crippen LogP contribution in [0, 0.1) is 0 Å². The summed E-state index contributed by atoms with van der Waals surface area (Å²) in [6.45, 7) is 4.20. The third-order valence-electron chi connectivity index (χ3n) is 5.48. The summed E-state index contributed by atoms with van der Waals surface area (Å²) in [5.74, 6) is 1.76. The van der Waals surface area contributed by atoms with Crippen LogP contribution in [0.1, 0.15) is 43.9 Å². The van der Waals surface area contributed by atoms with Gasteiger partial charge in [-0.3, -0.25) is 0 Å². The van der Waals surface area contributed by atoms with Crippen molar-refractivity contribution < 1.29 is 14.3 Å². The van der Waals surface area contributed by atoms with E-state index in [0.29, 0.717) is 28.1 Å². The molecule has 0 radical (unpaired) electrons. The molecule has 0 saturated heterocycles. The zero-order valence-electron chi connectivity index (χ0n) is 19.4. The molecule has 0 bridgehead atoms. The number of nitrogens with one attached hydrogen (secondary N) is 1. The largest absolute Gasteiger partial charge is 0.496 e. The molecule has 1 aliphatic rings. The number of unbranched alkanes of at least 4 members (excludes halogenated alkanes) is 1. The zero-order valence-corrected chi connectivity index (χ0v) is 21.8. The SMILES string of the molecule is CCCCSc1nc2n(n1)C(c1cc(Br)ccc1OC)C(C(=O)OCc1ccccc1)=C(C)N2. The van der Waals surface area contributed by atoms with E-state index in [-0.39, 0.29) is 6.61 Å². The van der Waals surface area contributed by atoms with E-state index in [9.17, 15) is 4.79 Å². The molecule has 9 heteroatoms. The Morgan fingerprint density at radius 1 is 1.24 bits per heavy atom. The molecule has 1 atom stereocenters. The van der Waals surface area contributed by atoms with Gasteiger partial charge in [-0.25, -0.2) is 9.48 Å². The zero-order chi connectivity index (χ0) is 24.1. The number of aromatic nitrogens is 3. The Kier molecular flexibility index (Phi) is 7.95. The summed E-state index contributed by atoms with van der Waals surface area (Å²) < 4.78 is 14.0.